The quantitative estimate of drug-likeness (QED) is 0.852. The van der Waals surface area contributed by atoms with Crippen LogP contribution in [0.3, 0.4) is 0 Å². The number of carbonyl (C=O) groups excluding carboxylic acids is 1. The third kappa shape index (κ3) is 3.13. The minimum atomic E-state index is 0.0115. The molecule has 2 fully saturated rings. The Morgan fingerprint density at radius 2 is 2.00 bits per heavy atom. The van der Waals surface area contributed by atoms with Crippen LogP contribution in [0.1, 0.15) is 23.2 Å². The van der Waals surface area contributed by atoms with Crippen LogP contribution in [0.2, 0.25) is 0 Å². The van der Waals surface area contributed by atoms with Crippen LogP contribution in [-0.4, -0.2) is 55.5 Å². The van der Waals surface area contributed by atoms with Gasteiger partial charge in [0.2, 0.25) is 0 Å². The molecule has 1 heterocycles. The fraction of sp³-hybridized carbons (Fsp3) is 0.562. The molecule has 1 aliphatic carbocycles. The lowest BCUT2D eigenvalue weighted by Crippen LogP contribution is -2.49. The van der Waals surface area contributed by atoms with Crippen molar-refractivity contribution in [2.24, 2.45) is 5.92 Å². The predicted molar refractivity (Wildman–Crippen MR) is 82.5 cm³/mol. The number of nitrogen functional groups attached to an aromatic ring is 1. The van der Waals surface area contributed by atoms with Gasteiger partial charge in [0.15, 0.2) is 0 Å². The molecule has 0 spiro atoms. The molecule has 0 radical (unpaired) electrons. The van der Waals surface area contributed by atoms with Gasteiger partial charge in [0.25, 0.3) is 5.91 Å². The maximum Gasteiger partial charge on any atom is 0.256 e. The molecular formula is C16H23N3O2. The summed E-state index contributed by atoms with van der Waals surface area (Å²) in [4.78, 5) is 17.0. The van der Waals surface area contributed by atoms with E-state index in [-0.39, 0.29) is 5.91 Å². The zero-order valence-electron chi connectivity index (χ0n) is 12.5. The fourth-order valence-corrected chi connectivity index (χ4v) is 2.88. The number of benzene rings is 1. The minimum Gasteiger partial charge on any atom is -0.495 e. The highest BCUT2D eigenvalue weighted by atomic mass is 16.5. The average Bonchev–Trinajstić information content (AvgIpc) is 3.32. The monoisotopic (exact) mass is 289 g/mol. The highest BCUT2D eigenvalue weighted by Gasteiger charge is 2.28. The molecule has 1 saturated heterocycles. The number of nitrogens with two attached hydrogens (primary N) is 1. The molecule has 2 N–H and O–H groups in total. The van der Waals surface area contributed by atoms with Gasteiger partial charge in [-0.2, -0.15) is 0 Å². The first kappa shape index (κ1) is 14.2. The van der Waals surface area contributed by atoms with E-state index in [0.29, 0.717) is 17.0 Å². The second-order valence-corrected chi connectivity index (χ2v) is 5.96. The molecule has 1 aromatic rings. The molecule has 5 heteroatoms. The highest BCUT2D eigenvalue weighted by molar-refractivity contribution is 6.00. The lowest BCUT2D eigenvalue weighted by atomic mass is 10.1. The topological polar surface area (TPSA) is 58.8 Å². The van der Waals surface area contributed by atoms with Crippen LogP contribution in [0.4, 0.5) is 5.69 Å². The molecule has 114 valence electrons. The number of anilines is 1. The van der Waals surface area contributed by atoms with Crippen LogP contribution in [0, 0.1) is 5.92 Å². The van der Waals surface area contributed by atoms with Crippen molar-refractivity contribution in [3.63, 3.8) is 0 Å². The van der Waals surface area contributed by atoms with Crippen LogP contribution >= 0.6 is 0 Å². The lowest BCUT2D eigenvalue weighted by molar-refractivity contribution is 0.0633. The number of para-hydroxylation sites is 1. The number of hydrogen-bond donors (Lipinski definition) is 1. The van der Waals surface area contributed by atoms with Crippen molar-refractivity contribution in [1.82, 2.24) is 9.80 Å². The van der Waals surface area contributed by atoms with Gasteiger partial charge in [-0.05, 0) is 30.9 Å². The Labute approximate surface area is 125 Å². The molecule has 1 aliphatic heterocycles. The summed E-state index contributed by atoms with van der Waals surface area (Å²) in [7, 11) is 1.57. The molecule has 0 aromatic heterocycles. The Morgan fingerprint density at radius 3 is 2.62 bits per heavy atom. The van der Waals surface area contributed by atoms with Gasteiger partial charge >= 0.3 is 0 Å². The van der Waals surface area contributed by atoms with Crippen LogP contribution in [0.5, 0.6) is 5.75 Å². The maximum absolute atomic E-state index is 12.6. The summed E-state index contributed by atoms with van der Waals surface area (Å²) in [6, 6.07) is 5.36. The molecule has 0 atom stereocenters. The van der Waals surface area contributed by atoms with E-state index in [2.05, 4.69) is 4.90 Å². The summed E-state index contributed by atoms with van der Waals surface area (Å²) < 4.78 is 5.19. The molecule has 0 bridgehead atoms. The third-order valence-corrected chi connectivity index (χ3v) is 4.39. The van der Waals surface area contributed by atoms with Gasteiger partial charge < -0.3 is 15.4 Å². The number of ether oxygens (including phenoxy) is 1. The summed E-state index contributed by atoms with van der Waals surface area (Å²) in [5.41, 5.74) is 7.00. The number of amides is 1. The largest absolute Gasteiger partial charge is 0.495 e. The van der Waals surface area contributed by atoms with Gasteiger partial charge in [0.1, 0.15) is 5.75 Å². The molecule has 1 aromatic carbocycles. The van der Waals surface area contributed by atoms with Crippen molar-refractivity contribution in [2.45, 2.75) is 12.8 Å². The van der Waals surface area contributed by atoms with Crippen molar-refractivity contribution in [3.05, 3.63) is 23.8 Å². The molecule has 1 amide bonds. The SMILES string of the molecule is COc1cccc(C(=O)N2CCN(CC3CC3)CC2)c1N. The van der Waals surface area contributed by atoms with E-state index in [4.69, 9.17) is 10.5 Å². The van der Waals surface area contributed by atoms with Gasteiger partial charge in [0.05, 0.1) is 18.4 Å². The highest BCUT2D eigenvalue weighted by Crippen LogP contribution is 2.30. The summed E-state index contributed by atoms with van der Waals surface area (Å²) in [5, 5.41) is 0. The van der Waals surface area contributed by atoms with Gasteiger partial charge in [-0.3, -0.25) is 9.69 Å². The molecule has 2 aliphatic rings. The van der Waals surface area contributed by atoms with Crippen LogP contribution in [0.15, 0.2) is 18.2 Å². The summed E-state index contributed by atoms with van der Waals surface area (Å²) in [5.74, 6) is 1.48. The van der Waals surface area contributed by atoms with Gasteiger partial charge in [0, 0.05) is 32.7 Å². The Hall–Kier alpha value is -1.75. The summed E-state index contributed by atoms with van der Waals surface area (Å²) >= 11 is 0. The van der Waals surface area contributed by atoms with E-state index in [0.717, 1.165) is 32.1 Å². The van der Waals surface area contributed by atoms with Crippen LogP contribution in [0.25, 0.3) is 0 Å². The van der Waals surface area contributed by atoms with E-state index in [1.165, 1.54) is 19.4 Å². The van der Waals surface area contributed by atoms with Crippen LogP contribution in [-0.2, 0) is 0 Å². The second kappa shape index (κ2) is 5.93. The first-order valence-electron chi connectivity index (χ1n) is 7.63. The van der Waals surface area contributed by atoms with Crippen LogP contribution < -0.4 is 10.5 Å². The first-order valence-corrected chi connectivity index (χ1v) is 7.63. The van der Waals surface area contributed by atoms with Crippen molar-refractivity contribution in [1.29, 1.82) is 0 Å². The molecular weight excluding hydrogens is 266 g/mol. The molecule has 1 saturated carbocycles. The molecule has 3 rings (SSSR count). The van der Waals surface area contributed by atoms with Crippen molar-refractivity contribution >= 4 is 11.6 Å². The number of carbonyl (C=O) groups is 1. The Kier molecular flexibility index (Phi) is 4.01. The van der Waals surface area contributed by atoms with E-state index >= 15 is 0 Å². The van der Waals surface area contributed by atoms with E-state index in [9.17, 15) is 4.79 Å². The standard InChI is InChI=1S/C16H23N3O2/c1-21-14-4-2-3-13(15(14)17)16(20)19-9-7-18(8-10-19)11-12-5-6-12/h2-4,12H,5-11,17H2,1H3. The number of methoxy groups -OCH3 is 1. The smallest absolute Gasteiger partial charge is 0.256 e. The van der Waals surface area contributed by atoms with Gasteiger partial charge in [-0.15, -0.1) is 0 Å². The first-order chi connectivity index (χ1) is 10.2. The Balaban J connectivity index is 1.63. The van der Waals surface area contributed by atoms with Gasteiger partial charge in [-0.25, -0.2) is 0 Å². The number of piperazine rings is 1. The number of nitrogens with zero attached hydrogens (tertiary/aromatic N) is 2. The Morgan fingerprint density at radius 1 is 1.29 bits per heavy atom. The fourth-order valence-electron chi connectivity index (χ4n) is 2.88. The molecule has 0 unspecified atom stereocenters. The number of hydrogen-bond acceptors (Lipinski definition) is 4. The van der Waals surface area contributed by atoms with Gasteiger partial charge in [-0.1, -0.05) is 6.07 Å². The lowest BCUT2D eigenvalue weighted by Gasteiger charge is -2.35. The average molecular weight is 289 g/mol. The molecule has 5 nitrogen and oxygen atoms in total. The Bertz CT molecular complexity index is 520. The van der Waals surface area contributed by atoms with E-state index < -0.39 is 0 Å². The van der Waals surface area contributed by atoms with E-state index in [1.807, 2.05) is 11.0 Å². The molecule has 21 heavy (non-hydrogen) atoms. The third-order valence-electron chi connectivity index (χ3n) is 4.39. The zero-order chi connectivity index (χ0) is 14.8. The second-order valence-electron chi connectivity index (χ2n) is 5.96. The summed E-state index contributed by atoms with van der Waals surface area (Å²) in [6.07, 6.45) is 2.75. The van der Waals surface area contributed by atoms with E-state index in [1.54, 1.807) is 19.2 Å². The minimum absolute atomic E-state index is 0.0115. The van der Waals surface area contributed by atoms with Crippen molar-refractivity contribution < 1.29 is 9.53 Å². The van der Waals surface area contributed by atoms with Crippen molar-refractivity contribution in [3.8, 4) is 5.75 Å². The zero-order valence-corrected chi connectivity index (χ0v) is 12.5. The normalized spacial score (nSPS) is 19.6. The maximum atomic E-state index is 12.6. The predicted octanol–water partition coefficient (Wildman–Crippen LogP) is 1.45. The van der Waals surface area contributed by atoms with Crippen molar-refractivity contribution in [2.75, 3.05) is 45.6 Å². The summed E-state index contributed by atoms with van der Waals surface area (Å²) in [6.45, 7) is 4.69. The number of rotatable bonds is 4.